The van der Waals surface area contributed by atoms with Gasteiger partial charge in [-0.25, -0.2) is 9.59 Å². The van der Waals surface area contributed by atoms with E-state index in [1.165, 1.54) is 63.3 Å². The number of benzene rings is 2. The molecule has 2 aromatic carbocycles. The summed E-state index contributed by atoms with van der Waals surface area (Å²) in [5, 5.41) is 10.2. The van der Waals surface area contributed by atoms with Gasteiger partial charge in [0, 0.05) is 52.0 Å². The number of phenolic OH excluding ortho intramolecular Hbond substituents is 1. The van der Waals surface area contributed by atoms with E-state index in [1.54, 1.807) is 12.1 Å². The van der Waals surface area contributed by atoms with Crippen LogP contribution in [0.15, 0.2) is 45.6 Å². The van der Waals surface area contributed by atoms with Crippen molar-refractivity contribution in [3.05, 3.63) is 46.6 Å². The highest BCUT2D eigenvalue weighted by molar-refractivity contribution is 5.87. The Labute approximate surface area is 183 Å². The lowest BCUT2D eigenvalue weighted by Gasteiger charge is -2.14. The molecule has 0 aliphatic heterocycles. The van der Waals surface area contributed by atoms with Crippen molar-refractivity contribution >= 4 is 23.2 Å². The third kappa shape index (κ3) is 4.59. The van der Waals surface area contributed by atoms with Crippen LogP contribution in [-0.4, -0.2) is 62.4 Å². The van der Waals surface area contributed by atoms with Gasteiger partial charge in [0.05, 0.1) is 7.11 Å². The van der Waals surface area contributed by atoms with Crippen molar-refractivity contribution in [2.45, 2.75) is 0 Å². The molecular formula is C22H22N2O8. The molecule has 0 atom stereocenters. The standard InChI is InChI=1S/C22H22N2O8/c1-23(2)21(27)30-13-9-14(25)20-15(26)11-17(31-19(20)10-13)12-6-7-16(29-5)18(8-12)32-22(28)24(3)4/h6-11,25H,1-5H3. The minimum atomic E-state index is -0.662. The van der Waals surface area contributed by atoms with E-state index in [-0.39, 0.29) is 34.0 Å². The monoisotopic (exact) mass is 442 g/mol. The zero-order valence-corrected chi connectivity index (χ0v) is 18.2. The maximum atomic E-state index is 12.7. The highest BCUT2D eigenvalue weighted by Gasteiger charge is 2.18. The van der Waals surface area contributed by atoms with Crippen LogP contribution in [0.1, 0.15) is 0 Å². The van der Waals surface area contributed by atoms with Gasteiger partial charge < -0.3 is 33.5 Å². The van der Waals surface area contributed by atoms with Gasteiger partial charge in [0.15, 0.2) is 16.9 Å². The minimum absolute atomic E-state index is 0.00401. The number of carbonyl (C=O) groups is 2. The summed E-state index contributed by atoms with van der Waals surface area (Å²) in [6, 6.07) is 8.35. The maximum Gasteiger partial charge on any atom is 0.414 e. The molecule has 0 spiro atoms. The molecule has 3 rings (SSSR count). The van der Waals surface area contributed by atoms with Crippen LogP contribution in [0, 0.1) is 0 Å². The van der Waals surface area contributed by atoms with E-state index in [0.29, 0.717) is 11.3 Å². The first-order chi connectivity index (χ1) is 15.1. The predicted molar refractivity (Wildman–Crippen MR) is 116 cm³/mol. The van der Waals surface area contributed by atoms with Crippen molar-refractivity contribution < 1.29 is 33.3 Å². The number of nitrogens with zero attached hydrogens (tertiary/aromatic N) is 2. The molecule has 0 saturated carbocycles. The molecule has 0 unspecified atom stereocenters. The number of hydrogen-bond donors (Lipinski definition) is 1. The van der Waals surface area contributed by atoms with Crippen LogP contribution in [0.5, 0.6) is 23.0 Å². The lowest BCUT2D eigenvalue weighted by molar-refractivity contribution is 0.169. The third-order valence-electron chi connectivity index (χ3n) is 4.36. The first-order valence-electron chi connectivity index (χ1n) is 9.38. The zero-order valence-electron chi connectivity index (χ0n) is 18.2. The molecule has 0 aliphatic carbocycles. The lowest BCUT2D eigenvalue weighted by Crippen LogP contribution is -2.25. The van der Waals surface area contributed by atoms with Crippen molar-refractivity contribution in [2.75, 3.05) is 35.3 Å². The Morgan fingerprint density at radius 3 is 2.19 bits per heavy atom. The molecule has 2 amide bonds. The van der Waals surface area contributed by atoms with Crippen LogP contribution in [0.4, 0.5) is 9.59 Å². The zero-order chi connectivity index (χ0) is 23.6. The summed E-state index contributed by atoms with van der Waals surface area (Å²) >= 11 is 0. The number of phenols is 1. The van der Waals surface area contributed by atoms with Crippen LogP contribution >= 0.6 is 0 Å². The Bertz CT molecular complexity index is 1250. The van der Waals surface area contributed by atoms with Gasteiger partial charge in [-0.3, -0.25) is 4.79 Å². The Morgan fingerprint density at radius 2 is 1.56 bits per heavy atom. The molecule has 3 aromatic rings. The SMILES string of the molecule is COc1ccc(-c2cc(=O)c3c(O)cc(OC(=O)N(C)C)cc3o2)cc1OC(=O)N(C)C. The average molecular weight is 442 g/mol. The van der Waals surface area contributed by atoms with E-state index < -0.39 is 17.6 Å². The van der Waals surface area contributed by atoms with Crippen LogP contribution in [0.3, 0.4) is 0 Å². The van der Waals surface area contributed by atoms with E-state index in [2.05, 4.69) is 0 Å². The molecule has 0 saturated heterocycles. The smallest absolute Gasteiger partial charge is 0.414 e. The molecule has 0 aliphatic rings. The topological polar surface area (TPSA) is 119 Å². The second-order valence-electron chi connectivity index (χ2n) is 7.18. The van der Waals surface area contributed by atoms with E-state index in [4.69, 9.17) is 18.6 Å². The van der Waals surface area contributed by atoms with Gasteiger partial charge in [-0.1, -0.05) is 0 Å². The van der Waals surface area contributed by atoms with Crippen LogP contribution in [0.2, 0.25) is 0 Å². The molecule has 1 heterocycles. The Hall–Kier alpha value is -4.21. The normalized spacial score (nSPS) is 10.5. The number of carbonyl (C=O) groups excluding carboxylic acids is 2. The summed E-state index contributed by atoms with van der Waals surface area (Å²) in [7, 11) is 7.51. The number of rotatable bonds is 4. The Balaban J connectivity index is 2.10. The van der Waals surface area contributed by atoms with Crippen molar-refractivity contribution in [1.82, 2.24) is 9.80 Å². The number of hydrogen-bond acceptors (Lipinski definition) is 8. The van der Waals surface area contributed by atoms with E-state index in [0.717, 1.165) is 6.07 Å². The second-order valence-corrected chi connectivity index (χ2v) is 7.18. The van der Waals surface area contributed by atoms with E-state index in [9.17, 15) is 19.5 Å². The molecule has 10 heteroatoms. The first kappa shape index (κ1) is 22.5. The number of amides is 2. The van der Waals surface area contributed by atoms with Gasteiger partial charge in [-0.2, -0.15) is 0 Å². The minimum Gasteiger partial charge on any atom is -0.507 e. The van der Waals surface area contributed by atoms with Gasteiger partial charge in [-0.05, 0) is 18.2 Å². The van der Waals surface area contributed by atoms with Gasteiger partial charge in [0.2, 0.25) is 0 Å². The molecule has 1 N–H and O–H groups in total. The number of methoxy groups -OCH3 is 1. The summed E-state index contributed by atoms with van der Waals surface area (Å²) < 4.78 is 21.5. The van der Waals surface area contributed by atoms with E-state index in [1.807, 2.05) is 0 Å². The molecule has 32 heavy (non-hydrogen) atoms. The fourth-order valence-electron chi connectivity index (χ4n) is 2.73. The fraction of sp³-hybridized carbons (Fsp3) is 0.227. The number of aromatic hydroxyl groups is 1. The number of ether oxygens (including phenoxy) is 3. The molecule has 0 bridgehead atoms. The quantitative estimate of drug-likeness (QED) is 0.654. The summed E-state index contributed by atoms with van der Waals surface area (Å²) in [5.74, 6) is 0.192. The molecule has 1 aromatic heterocycles. The van der Waals surface area contributed by atoms with Gasteiger partial charge in [-0.15, -0.1) is 0 Å². The van der Waals surface area contributed by atoms with Crippen molar-refractivity contribution in [1.29, 1.82) is 0 Å². The van der Waals surface area contributed by atoms with Crippen LogP contribution in [-0.2, 0) is 0 Å². The summed E-state index contributed by atoms with van der Waals surface area (Å²) in [5.41, 5.74) is -0.0786. The Morgan fingerprint density at radius 1 is 0.906 bits per heavy atom. The van der Waals surface area contributed by atoms with Crippen molar-refractivity contribution in [2.24, 2.45) is 0 Å². The predicted octanol–water partition coefficient (Wildman–Crippen LogP) is 3.30. The molecule has 0 fully saturated rings. The van der Waals surface area contributed by atoms with Crippen molar-refractivity contribution in [3.63, 3.8) is 0 Å². The molecular weight excluding hydrogens is 420 g/mol. The largest absolute Gasteiger partial charge is 0.507 e. The first-order valence-corrected chi connectivity index (χ1v) is 9.38. The average Bonchev–Trinajstić information content (AvgIpc) is 2.72. The fourth-order valence-corrected chi connectivity index (χ4v) is 2.73. The lowest BCUT2D eigenvalue weighted by atomic mass is 10.1. The van der Waals surface area contributed by atoms with Crippen LogP contribution < -0.4 is 19.6 Å². The van der Waals surface area contributed by atoms with E-state index >= 15 is 0 Å². The summed E-state index contributed by atoms with van der Waals surface area (Å²) in [4.78, 5) is 38.9. The Kier molecular flexibility index (Phi) is 6.24. The highest BCUT2D eigenvalue weighted by atomic mass is 16.6. The van der Waals surface area contributed by atoms with Crippen molar-refractivity contribution in [3.8, 4) is 34.3 Å². The van der Waals surface area contributed by atoms with Gasteiger partial charge in [0.25, 0.3) is 0 Å². The summed E-state index contributed by atoms with van der Waals surface area (Å²) in [6.45, 7) is 0. The van der Waals surface area contributed by atoms with Gasteiger partial charge in [0.1, 0.15) is 28.2 Å². The number of fused-ring (bicyclic) bond motifs is 1. The maximum absolute atomic E-state index is 12.7. The second kappa shape index (κ2) is 8.88. The molecule has 10 nitrogen and oxygen atoms in total. The van der Waals surface area contributed by atoms with Gasteiger partial charge >= 0.3 is 12.2 Å². The summed E-state index contributed by atoms with van der Waals surface area (Å²) in [6.07, 6.45) is -1.28. The third-order valence-corrected chi connectivity index (χ3v) is 4.36. The highest BCUT2D eigenvalue weighted by Crippen LogP contribution is 2.35. The molecule has 0 radical (unpaired) electrons. The molecule has 168 valence electrons. The van der Waals surface area contributed by atoms with Crippen LogP contribution in [0.25, 0.3) is 22.3 Å².